The summed E-state index contributed by atoms with van der Waals surface area (Å²) in [5.74, 6) is -0.0951. The van der Waals surface area contributed by atoms with Gasteiger partial charge in [-0.05, 0) is 36.2 Å². The number of para-hydroxylation sites is 2. The molecule has 14 heteroatoms. The van der Waals surface area contributed by atoms with E-state index in [1.807, 2.05) is 36.4 Å². The Morgan fingerprint density at radius 1 is 0.900 bits per heavy atom. The van der Waals surface area contributed by atoms with Crippen LogP contribution in [0.4, 0.5) is 5.69 Å². The van der Waals surface area contributed by atoms with Gasteiger partial charge in [-0.2, -0.15) is 0 Å². The number of carbonyl (C=O) groups excluding carboxylic acids is 2. The molecule has 2 saturated heterocycles. The molecule has 3 aromatic carbocycles. The average Bonchev–Trinajstić information content (AvgIpc) is 3.42. The molecule has 0 aliphatic carbocycles. The fraction of sp³-hybridized carbons (Fsp3) is 0.361. The molecule has 6 rings (SSSR count). The highest BCUT2D eigenvalue weighted by Crippen LogP contribution is 2.31. The molecule has 2 fully saturated rings. The number of benzene rings is 3. The molecule has 2 N–H and O–H groups in total. The van der Waals surface area contributed by atoms with Crippen molar-refractivity contribution < 1.29 is 27.5 Å². The normalized spacial score (nSPS) is 15.1. The van der Waals surface area contributed by atoms with E-state index < -0.39 is 15.7 Å². The Kier molecular flexibility index (Phi) is 11.0. The first-order valence-corrected chi connectivity index (χ1v) is 18.5. The summed E-state index contributed by atoms with van der Waals surface area (Å²) in [6, 6.07) is 23.0. The minimum absolute atomic E-state index is 0.0111. The molecule has 4 aromatic rings. The van der Waals surface area contributed by atoms with Crippen LogP contribution in [-0.2, 0) is 26.1 Å². The highest BCUT2D eigenvalue weighted by molar-refractivity contribution is 7.92. The SMILES string of the molecule is CCCS(=O)(=O)Nc1ccccc1-n1c(-c2ccccc2)c(C(=O)N2CCNCC2)n(Cc2cccc(OCC(=O)N3CCOCC3)c2)c1=O. The number of hydrogen-bond acceptors (Lipinski definition) is 8. The lowest BCUT2D eigenvalue weighted by Gasteiger charge is -2.28. The predicted octanol–water partition coefficient (Wildman–Crippen LogP) is 2.79. The van der Waals surface area contributed by atoms with Crippen molar-refractivity contribution in [2.24, 2.45) is 0 Å². The van der Waals surface area contributed by atoms with Gasteiger partial charge in [0.05, 0.1) is 42.6 Å². The molecular weight excluding hydrogens is 660 g/mol. The molecule has 2 aliphatic heterocycles. The van der Waals surface area contributed by atoms with Gasteiger partial charge < -0.3 is 24.6 Å². The second kappa shape index (κ2) is 15.7. The third-order valence-corrected chi connectivity index (χ3v) is 10.1. The zero-order chi connectivity index (χ0) is 35.1. The summed E-state index contributed by atoms with van der Waals surface area (Å²) in [4.78, 5) is 45.5. The summed E-state index contributed by atoms with van der Waals surface area (Å²) in [5, 5.41) is 3.27. The van der Waals surface area contributed by atoms with Crippen molar-refractivity contribution in [3.8, 4) is 22.7 Å². The van der Waals surface area contributed by atoms with Crippen molar-refractivity contribution >= 4 is 27.5 Å². The lowest BCUT2D eigenvalue weighted by molar-refractivity contribution is -0.137. The molecule has 0 radical (unpaired) electrons. The molecule has 1 aromatic heterocycles. The Labute approximate surface area is 291 Å². The average molecular weight is 703 g/mol. The number of sulfonamides is 1. The van der Waals surface area contributed by atoms with E-state index in [-0.39, 0.29) is 42.1 Å². The summed E-state index contributed by atoms with van der Waals surface area (Å²) < 4.78 is 42.7. The first kappa shape index (κ1) is 34.9. The second-order valence-electron chi connectivity index (χ2n) is 12.2. The molecular formula is C36H42N6O7S. The number of piperazine rings is 1. The number of aromatic nitrogens is 2. The number of imidazole rings is 1. The summed E-state index contributed by atoms with van der Waals surface area (Å²) in [6.07, 6.45) is 0.413. The molecule has 13 nitrogen and oxygen atoms in total. The van der Waals surface area contributed by atoms with Crippen molar-refractivity contribution in [3.05, 3.63) is 101 Å². The Balaban J connectivity index is 1.46. The van der Waals surface area contributed by atoms with Gasteiger partial charge in [-0.3, -0.25) is 23.4 Å². The maximum Gasteiger partial charge on any atom is 0.334 e. The van der Waals surface area contributed by atoms with Gasteiger partial charge in [0, 0.05) is 44.8 Å². The Morgan fingerprint density at radius 3 is 2.36 bits per heavy atom. The predicted molar refractivity (Wildman–Crippen MR) is 190 cm³/mol. The number of nitrogens with zero attached hydrogens (tertiary/aromatic N) is 4. The van der Waals surface area contributed by atoms with E-state index in [1.54, 1.807) is 59.2 Å². The molecule has 0 spiro atoms. The van der Waals surface area contributed by atoms with Gasteiger partial charge in [0.1, 0.15) is 11.4 Å². The van der Waals surface area contributed by atoms with Crippen LogP contribution in [0.15, 0.2) is 83.7 Å². The lowest BCUT2D eigenvalue weighted by atomic mass is 10.1. The maximum atomic E-state index is 14.8. The number of rotatable bonds is 12. The number of ether oxygens (including phenoxy) is 2. The minimum atomic E-state index is -3.72. The highest BCUT2D eigenvalue weighted by Gasteiger charge is 2.32. The molecule has 0 saturated carbocycles. The largest absolute Gasteiger partial charge is 0.484 e. The molecule has 2 aliphatic rings. The lowest BCUT2D eigenvalue weighted by Crippen LogP contribution is -2.47. The number of carbonyl (C=O) groups is 2. The van der Waals surface area contributed by atoms with Crippen LogP contribution in [0.1, 0.15) is 29.4 Å². The third-order valence-electron chi connectivity index (χ3n) is 8.64. The maximum absolute atomic E-state index is 14.8. The van der Waals surface area contributed by atoms with E-state index >= 15 is 0 Å². The molecule has 0 atom stereocenters. The van der Waals surface area contributed by atoms with E-state index in [0.717, 1.165) is 0 Å². The van der Waals surface area contributed by atoms with Crippen LogP contribution in [0.3, 0.4) is 0 Å². The van der Waals surface area contributed by atoms with Crippen molar-refractivity contribution in [2.45, 2.75) is 19.9 Å². The highest BCUT2D eigenvalue weighted by atomic mass is 32.2. The smallest absolute Gasteiger partial charge is 0.334 e. The molecule has 3 heterocycles. The number of amides is 2. The van der Waals surface area contributed by atoms with Crippen molar-refractivity contribution in [3.63, 3.8) is 0 Å². The van der Waals surface area contributed by atoms with Crippen LogP contribution in [0.25, 0.3) is 16.9 Å². The Morgan fingerprint density at radius 2 is 1.62 bits per heavy atom. The molecule has 0 unspecified atom stereocenters. The first-order valence-electron chi connectivity index (χ1n) is 16.8. The third kappa shape index (κ3) is 7.93. The van der Waals surface area contributed by atoms with E-state index in [4.69, 9.17) is 9.47 Å². The monoisotopic (exact) mass is 702 g/mol. The van der Waals surface area contributed by atoms with Crippen LogP contribution in [0, 0.1) is 0 Å². The van der Waals surface area contributed by atoms with Gasteiger partial charge >= 0.3 is 5.69 Å². The van der Waals surface area contributed by atoms with Crippen LogP contribution >= 0.6 is 0 Å². The second-order valence-corrected chi connectivity index (χ2v) is 14.0. The Hall–Kier alpha value is -4.92. The van der Waals surface area contributed by atoms with E-state index in [9.17, 15) is 22.8 Å². The minimum Gasteiger partial charge on any atom is -0.484 e. The number of morpholine rings is 1. The van der Waals surface area contributed by atoms with Crippen molar-refractivity contribution in [2.75, 3.05) is 69.6 Å². The van der Waals surface area contributed by atoms with Gasteiger partial charge in [0.25, 0.3) is 11.8 Å². The summed E-state index contributed by atoms with van der Waals surface area (Å²) in [7, 11) is -3.72. The number of anilines is 1. The summed E-state index contributed by atoms with van der Waals surface area (Å²) >= 11 is 0. The fourth-order valence-electron chi connectivity index (χ4n) is 6.22. The van der Waals surface area contributed by atoms with Gasteiger partial charge in [-0.25, -0.2) is 13.2 Å². The van der Waals surface area contributed by atoms with E-state index in [0.29, 0.717) is 87.2 Å². The molecule has 264 valence electrons. The van der Waals surface area contributed by atoms with Crippen LogP contribution in [0.5, 0.6) is 5.75 Å². The fourth-order valence-corrected chi connectivity index (χ4v) is 7.37. The van der Waals surface area contributed by atoms with E-state index in [2.05, 4.69) is 10.0 Å². The molecule has 50 heavy (non-hydrogen) atoms. The van der Waals surface area contributed by atoms with Gasteiger partial charge in [-0.1, -0.05) is 61.5 Å². The summed E-state index contributed by atoms with van der Waals surface area (Å²) in [6.45, 7) is 5.80. The van der Waals surface area contributed by atoms with Crippen molar-refractivity contribution in [1.29, 1.82) is 0 Å². The van der Waals surface area contributed by atoms with Crippen LogP contribution in [-0.4, -0.2) is 104 Å². The Bertz CT molecular complexity index is 1980. The topological polar surface area (TPSA) is 144 Å². The summed E-state index contributed by atoms with van der Waals surface area (Å²) in [5.41, 5.74) is 1.83. The van der Waals surface area contributed by atoms with Gasteiger partial charge in [0.2, 0.25) is 10.0 Å². The molecule has 0 bridgehead atoms. The molecule has 2 amide bonds. The first-order chi connectivity index (χ1) is 24.3. The standard InChI is InChI=1S/C36H42N6O7S/c1-2-23-50(46,47)38-30-13-6-7-14-31(30)42-33(28-10-4-3-5-11-28)34(35(44)40-17-15-37-16-18-40)41(36(42)45)25-27-9-8-12-29(24-27)49-26-32(43)39-19-21-48-22-20-39/h3-14,24,37-38H,2,15-23,25-26H2,1H3. The number of nitrogens with one attached hydrogen (secondary N) is 2. The van der Waals surface area contributed by atoms with Crippen LogP contribution in [0.2, 0.25) is 0 Å². The van der Waals surface area contributed by atoms with Gasteiger partial charge in [-0.15, -0.1) is 0 Å². The van der Waals surface area contributed by atoms with Crippen LogP contribution < -0.4 is 20.5 Å². The van der Waals surface area contributed by atoms with E-state index in [1.165, 1.54) is 9.13 Å². The zero-order valence-corrected chi connectivity index (χ0v) is 28.9. The number of hydrogen-bond donors (Lipinski definition) is 2. The van der Waals surface area contributed by atoms with Gasteiger partial charge in [0.15, 0.2) is 6.61 Å². The quantitative estimate of drug-likeness (QED) is 0.230. The zero-order valence-electron chi connectivity index (χ0n) is 28.0. The van der Waals surface area contributed by atoms with Crippen molar-refractivity contribution in [1.82, 2.24) is 24.3 Å².